The highest BCUT2D eigenvalue weighted by molar-refractivity contribution is 5.77. The molecule has 0 unspecified atom stereocenters. The van der Waals surface area contributed by atoms with E-state index in [1.165, 1.54) is 134 Å². The van der Waals surface area contributed by atoms with Gasteiger partial charge in [-0.05, 0) is 72.9 Å². The summed E-state index contributed by atoms with van der Waals surface area (Å²) < 4.78 is 0. The second-order valence-corrected chi connectivity index (χ2v) is 10.9. The van der Waals surface area contributed by atoms with Crippen LogP contribution in [-0.4, -0.2) is 0 Å². The van der Waals surface area contributed by atoms with Crippen LogP contribution >= 0.6 is 0 Å². The quantitative estimate of drug-likeness (QED) is 0.178. The second-order valence-electron chi connectivity index (χ2n) is 10.9. The van der Waals surface area contributed by atoms with Gasteiger partial charge in [0.25, 0.3) is 0 Å². The van der Waals surface area contributed by atoms with Gasteiger partial charge < -0.3 is 0 Å². The summed E-state index contributed by atoms with van der Waals surface area (Å²) in [5, 5.41) is 0. The van der Waals surface area contributed by atoms with E-state index in [2.05, 4.69) is 88.4 Å². The number of hydrogen-bond acceptors (Lipinski definition) is 0. The molecule has 3 aromatic rings. The Labute approximate surface area is 222 Å². The number of aryl methyl sites for hydroxylation is 4. The molecule has 0 aromatic heterocycles. The maximum absolute atomic E-state index is 2.55. The topological polar surface area (TPSA) is 0 Å². The van der Waals surface area contributed by atoms with Crippen molar-refractivity contribution in [2.75, 3.05) is 0 Å². The highest BCUT2D eigenvalue weighted by Crippen LogP contribution is 2.35. The van der Waals surface area contributed by atoms with Crippen LogP contribution in [0.4, 0.5) is 0 Å². The summed E-state index contributed by atoms with van der Waals surface area (Å²) in [7, 11) is 0. The van der Waals surface area contributed by atoms with Crippen molar-refractivity contribution in [2.45, 2.75) is 118 Å². The molecule has 0 spiro atoms. The first-order chi connectivity index (χ1) is 17.6. The van der Waals surface area contributed by atoms with Gasteiger partial charge in [-0.25, -0.2) is 0 Å². The van der Waals surface area contributed by atoms with Crippen molar-refractivity contribution >= 4 is 0 Å². The molecule has 0 bridgehead atoms. The lowest BCUT2D eigenvalue weighted by molar-refractivity contribution is 0.606. The van der Waals surface area contributed by atoms with Crippen molar-refractivity contribution < 1.29 is 0 Å². The van der Waals surface area contributed by atoms with Crippen LogP contribution in [0.3, 0.4) is 0 Å². The molecular formula is C36H50. The molecule has 0 heterocycles. The SMILES string of the molecule is CCCCCCCCc1cc(-c2ccc(C)cc2)c(CCCCCCCC)cc1-c1ccc(C)cc1. The fourth-order valence-corrected chi connectivity index (χ4v) is 5.30. The molecule has 0 atom stereocenters. The third kappa shape index (κ3) is 8.95. The Bertz CT molecular complexity index is 922. The van der Waals surface area contributed by atoms with E-state index in [9.17, 15) is 0 Å². The molecule has 0 aliphatic rings. The Kier molecular flexibility index (Phi) is 12.3. The molecule has 0 nitrogen and oxygen atoms in total. The summed E-state index contributed by atoms with van der Waals surface area (Å²) in [6, 6.07) is 23.5. The lowest BCUT2D eigenvalue weighted by atomic mass is 9.86. The van der Waals surface area contributed by atoms with Gasteiger partial charge in [0.15, 0.2) is 0 Å². The van der Waals surface area contributed by atoms with Crippen LogP contribution in [0.15, 0.2) is 60.7 Å². The van der Waals surface area contributed by atoms with Crippen LogP contribution in [-0.2, 0) is 12.8 Å². The van der Waals surface area contributed by atoms with E-state index in [0.29, 0.717) is 0 Å². The Morgan fingerprint density at radius 1 is 0.417 bits per heavy atom. The lowest BCUT2D eigenvalue weighted by Crippen LogP contribution is -1.99. The number of rotatable bonds is 16. The van der Waals surface area contributed by atoms with Crippen LogP contribution in [0.2, 0.25) is 0 Å². The molecule has 0 saturated carbocycles. The summed E-state index contributed by atoms with van der Waals surface area (Å²) in [6.07, 6.45) is 18.5. The van der Waals surface area contributed by atoms with Gasteiger partial charge in [-0.3, -0.25) is 0 Å². The first-order valence-corrected chi connectivity index (χ1v) is 14.9. The summed E-state index contributed by atoms with van der Waals surface area (Å²) in [5.74, 6) is 0. The van der Waals surface area contributed by atoms with E-state index in [-0.39, 0.29) is 0 Å². The molecule has 0 radical (unpaired) electrons. The van der Waals surface area contributed by atoms with Crippen molar-refractivity contribution in [2.24, 2.45) is 0 Å². The maximum Gasteiger partial charge on any atom is -0.0149 e. The summed E-state index contributed by atoms with van der Waals surface area (Å²) >= 11 is 0. The van der Waals surface area contributed by atoms with Gasteiger partial charge in [0.1, 0.15) is 0 Å². The predicted octanol–water partition coefficient (Wildman–Crippen LogP) is 11.4. The fourth-order valence-electron chi connectivity index (χ4n) is 5.30. The molecule has 3 rings (SSSR count). The monoisotopic (exact) mass is 482 g/mol. The van der Waals surface area contributed by atoms with E-state index in [0.717, 1.165) is 0 Å². The van der Waals surface area contributed by atoms with Crippen LogP contribution in [0.5, 0.6) is 0 Å². The van der Waals surface area contributed by atoms with Gasteiger partial charge in [0.2, 0.25) is 0 Å². The van der Waals surface area contributed by atoms with Gasteiger partial charge >= 0.3 is 0 Å². The molecule has 0 amide bonds. The van der Waals surface area contributed by atoms with Crippen molar-refractivity contribution in [1.82, 2.24) is 0 Å². The highest BCUT2D eigenvalue weighted by Gasteiger charge is 2.13. The molecule has 36 heavy (non-hydrogen) atoms. The molecule has 0 fully saturated rings. The predicted molar refractivity (Wildman–Crippen MR) is 161 cm³/mol. The van der Waals surface area contributed by atoms with Crippen molar-refractivity contribution in [3.8, 4) is 22.3 Å². The minimum Gasteiger partial charge on any atom is -0.0654 e. The third-order valence-corrected chi connectivity index (χ3v) is 7.65. The average molecular weight is 483 g/mol. The van der Waals surface area contributed by atoms with Gasteiger partial charge in [0, 0.05) is 0 Å². The zero-order valence-corrected chi connectivity index (χ0v) is 23.7. The minimum absolute atomic E-state index is 1.17. The van der Waals surface area contributed by atoms with Crippen molar-refractivity contribution in [3.63, 3.8) is 0 Å². The van der Waals surface area contributed by atoms with Crippen molar-refractivity contribution in [3.05, 3.63) is 82.9 Å². The Morgan fingerprint density at radius 2 is 0.750 bits per heavy atom. The third-order valence-electron chi connectivity index (χ3n) is 7.65. The van der Waals surface area contributed by atoms with E-state index in [4.69, 9.17) is 0 Å². The fraction of sp³-hybridized carbons (Fsp3) is 0.500. The molecular weight excluding hydrogens is 432 g/mol. The van der Waals surface area contributed by atoms with Crippen LogP contribution in [0, 0.1) is 13.8 Å². The molecule has 0 N–H and O–H groups in total. The van der Waals surface area contributed by atoms with Gasteiger partial charge in [-0.15, -0.1) is 0 Å². The molecule has 3 aromatic carbocycles. The number of hydrogen-bond donors (Lipinski definition) is 0. The molecule has 0 aliphatic heterocycles. The normalized spacial score (nSPS) is 11.2. The van der Waals surface area contributed by atoms with E-state index >= 15 is 0 Å². The van der Waals surface area contributed by atoms with E-state index in [1.807, 2.05) is 0 Å². The number of benzene rings is 3. The maximum atomic E-state index is 2.55. The summed E-state index contributed by atoms with van der Waals surface area (Å²) in [5.41, 5.74) is 11.4. The smallest absolute Gasteiger partial charge is 0.0149 e. The summed E-state index contributed by atoms with van der Waals surface area (Å²) in [6.45, 7) is 8.97. The standard InChI is InChI=1S/C36H50/c1-5-7-9-11-13-15-17-33-27-36(32-25-21-30(4)22-26-32)34(18-16-14-12-10-8-6-2)28-35(33)31-23-19-29(3)20-24-31/h19-28H,5-18H2,1-4H3. The zero-order valence-electron chi connectivity index (χ0n) is 23.7. The largest absolute Gasteiger partial charge is 0.0654 e. The highest BCUT2D eigenvalue weighted by atomic mass is 14.2. The first kappa shape index (κ1) is 28.2. The van der Waals surface area contributed by atoms with Crippen LogP contribution in [0.1, 0.15) is 113 Å². The average Bonchev–Trinajstić information content (AvgIpc) is 2.89. The Hall–Kier alpha value is -2.34. The molecule has 0 saturated heterocycles. The molecule has 0 aliphatic carbocycles. The minimum atomic E-state index is 1.17. The first-order valence-electron chi connectivity index (χ1n) is 14.9. The van der Waals surface area contributed by atoms with E-state index in [1.54, 1.807) is 0 Å². The lowest BCUT2D eigenvalue weighted by Gasteiger charge is -2.18. The Morgan fingerprint density at radius 3 is 1.11 bits per heavy atom. The number of unbranched alkanes of at least 4 members (excludes halogenated alkanes) is 10. The second kappa shape index (κ2) is 15.7. The van der Waals surface area contributed by atoms with Gasteiger partial charge in [0.05, 0.1) is 0 Å². The zero-order chi connectivity index (χ0) is 25.6. The van der Waals surface area contributed by atoms with Gasteiger partial charge in [-0.1, -0.05) is 150 Å². The van der Waals surface area contributed by atoms with Crippen LogP contribution in [0.25, 0.3) is 22.3 Å². The molecule has 194 valence electrons. The van der Waals surface area contributed by atoms with Crippen LogP contribution < -0.4 is 0 Å². The Balaban J connectivity index is 1.91. The van der Waals surface area contributed by atoms with Gasteiger partial charge in [-0.2, -0.15) is 0 Å². The van der Waals surface area contributed by atoms with Crippen molar-refractivity contribution in [1.29, 1.82) is 0 Å². The van der Waals surface area contributed by atoms with E-state index < -0.39 is 0 Å². The molecule has 0 heteroatoms. The summed E-state index contributed by atoms with van der Waals surface area (Å²) in [4.78, 5) is 0.